The SMILES string of the molecule is C#CC#CC#CC#CC#CC#CC#CCC(=O)CC(=O)N[C@H]1C(O)O[C@H](CO[C@@H]2O[C@H](COC)[C@@H](OP(=O)(OCC=C)OCC=C)[C@H](OCC[C@@H](CCCCCCC)OC)[C@H]2NC(=O)CCCCCCCCC/C=C\CCCCCC)[C@@H](C)[C@@H]1OCCCCCCCCCC. The Kier molecular flexibility index (Phi) is 51.9. The van der Waals surface area contributed by atoms with E-state index < -0.39 is 87.0 Å². The van der Waals surface area contributed by atoms with Crippen LogP contribution in [0.25, 0.3) is 0 Å². The van der Waals surface area contributed by atoms with Gasteiger partial charge in [-0.2, -0.15) is 0 Å². The topological polar surface area (TPSA) is 205 Å². The molecular formula is C77H115N2O15P. The van der Waals surface area contributed by atoms with Gasteiger partial charge in [0, 0.05) is 39.8 Å². The lowest BCUT2D eigenvalue weighted by Crippen LogP contribution is -2.67. The number of amides is 2. The molecule has 2 amide bonds. The van der Waals surface area contributed by atoms with E-state index in [1.807, 2.05) is 6.92 Å². The van der Waals surface area contributed by atoms with E-state index in [2.05, 4.69) is 134 Å². The summed E-state index contributed by atoms with van der Waals surface area (Å²) in [6.07, 6.45) is 33.6. The van der Waals surface area contributed by atoms with Gasteiger partial charge in [0.15, 0.2) is 18.4 Å². The molecule has 2 heterocycles. The molecule has 11 atom stereocenters. The number of ketones is 1. The number of nitrogens with one attached hydrogen (secondary N) is 2. The maximum absolute atomic E-state index is 14.6. The molecule has 2 rings (SSSR count). The molecule has 2 aliphatic heterocycles. The zero-order valence-corrected chi connectivity index (χ0v) is 59.3. The van der Waals surface area contributed by atoms with Gasteiger partial charge in [0.1, 0.15) is 30.4 Å². The molecule has 0 aliphatic carbocycles. The number of aliphatic hydroxyl groups excluding tert-OH is 1. The van der Waals surface area contributed by atoms with Crippen LogP contribution < -0.4 is 10.6 Å². The Hall–Kier alpha value is -5.46. The molecule has 17 nitrogen and oxygen atoms in total. The minimum atomic E-state index is -4.43. The summed E-state index contributed by atoms with van der Waals surface area (Å²) < 4.78 is 77.4. The number of Topliss-reactive ketones (excluding diaryl/α,β-unsaturated/α-hetero) is 1. The second-order valence-corrected chi connectivity index (χ2v) is 25.7. The molecule has 1 unspecified atom stereocenters. The molecule has 0 aromatic carbocycles. The van der Waals surface area contributed by atoms with Crippen LogP contribution in [0.15, 0.2) is 37.5 Å². The summed E-state index contributed by atoms with van der Waals surface area (Å²) in [4.78, 5) is 41.0. The van der Waals surface area contributed by atoms with Gasteiger partial charge in [0.2, 0.25) is 11.8 Å². The van der Waals surface area contributed by atoms with E-state index in [1.54, 1.807) is 7.11 Å². The minimum absolute atomic E-state index is 0.106. The third-order valence-corrected chi connectivity index (χ3v) is 17.6. The van der Waals surface area contributed by atoms with E-state index in [1.165, 1.54) is 77.0 Å². The Morgan fingerprint density at radius 3 is 1.66 bits per heavy atom. The Balaban J connectivity index is 2.51. The second kappa shape index (κ2) is 57.6. The number of methoxy groups -OCH3 is 2. The molecular weight excluding hydrogens is 1220 g/mol. The fourth-order valence-electron chi connectivity index (χ4n) is 11.0. The van der Waals surface area contributed by atoms with Gasteiger partial charge in [-0.05, 0) is 122 Å². The van der Waals surface area contributed by atoms with Gasteiger partial charge in [0.25, 0.3) is 0 Å². The molecule has 0 aromatic heterocycles. The normalized spacial score (nSPS) is 20.8. The highest BCUT2D eigenvalue weighted by atomic mass is 31.2. The quantitative estimate of drug-likeness (QED) is 0.0170. The molecule has 0 bridgehead atoms. The number of phosphoric ester groups is 1. The smallest absolute Gasteiger partial charge is 0.382 e. The van der Waals surface area contributed by atoms with Crippen molar-refractivity contribution in [3.05, 3.63) is 37.5 Å². The third-order valence-electron chi connectivity index (χ3n) is 16.2. The number of hydrogen-bond donors (Lipinski definition) is 3. The highest BCUT2D eigenvalue weighted by Crippen LogP contribution is 2.52. The van der Waals surface area contributed by atoms with Crippen molar-refractivity contribution in [3.8, 4) is 83.4 Å². The van der Waals surface area contributed by atoms with Gasteiger partial charge in [-0.1, -0.05) is 186 Å². The number of allylic oxidation sites excluding steroid dienone is 2. The first-order valence-corrected chi connectivity index (χ1v) is 36.6. The van der Waals surface area contributed by atoms with E-state index >= 15 is 0 Å². The molecule has 18 heteroatoms. The van der Waals surface area contributed by atoms with Crippen molar-refractivity contribution in [1.82, 2.24) is 10.6 Å². The number of unbranched alkanes of at least 4 members (excludes halogenated alkanes) is 22. The Morgan fingerprint density at radius 2 is 1.09 bits per heavy atom. The van der Waals surface area contributed by atoms with Gasteiger partial charge < -0.3 is 48.9 Å². The zero-order chi connectivity index (χ0) is 69.3. The molecule has 0 aromatic rings. The Labute approximate surface area is 572 Å². The predicted octanol–water partition coefficient (Wildman–Crippen LogP) is 13.3. The van der Waals surface area contributed by atoms with Gasteiger partial charge in [-0.3, -0.25) is 28.0 Å². The van der Waals surface area contributed by atoms with Crippen LogP contribution in [0.4, 0.5) is 0 Å². The minimum Gasteiger partial charge on any atom is -0.382 e. The number of hydrogen-bond acceptors (Lipinski definition) is 15. The first-order chi connectivity index (χ1) is 46.3. The molecule has 2 fully saturated rings. The number of rotatable bonds is 54. The average molecular weight is 1340 g/mol. The van der Waals surface area contributed by atoms with Gasteiger partial charge in [-0.15, -0.1) is 19.6 Å². The number of terminal acetylenes is 1. The Bertz CT molecular complexity index is 2660. The summed E-state index contributed by atoms with van der Waals surface area (Å²) in [5, 5.41) is 17.9. The highest BCUT2D eigenvalue weighted by Gasteiger charge is 2.53. The first-order valence-electron chi connectivity index (χ1n) is 35.2. The fraction of sp³-hybridized carbons (Fsp3) is 0.701. The van der Waals surface area contributed by atoms with Crippen molar-refractivity contribution < 1.29 is 70.8 Å². The summed E-state index contributed by atoms with van der Waals surface area (Å²) in [5.74, 6) is 30.2. The molecule has 0 radical (unpaired) electrons. The van der Waals surface area contributed by atoms with Crippen molar-refractivity contribution in [2.45, 2.75) is 288 Å². The van der Waals surface area contributed by atoms with Crippen LogP contribution >= 0.6 is 7.82 Å². The summed E-state index contributed by atoms with van der Waals surface area (Å²) >= 11 is 0. The summed E-state index contributed by atoms with van der Waals surface area (Å²) in [6, 6.07) is -2.18. The van der Waals surface area contributed by atoms with Crippen molar-refractivity contribution in [2.75, 3.05) is 53.9 Å². The summed E-state index contributed by atoms with van der Waals surface area (Å²) in [7, 11) is -1.26. The maximum atomic E-state index is 14.6. The van der Waals surface area contributed by atoms with Gasteiger partial charge in [0.05, 0.1) is 57.6 Å². The van der Waals surface area contributed by atoms with Crippen LogP contribution in [-0.2, 0) is 65.7 Å². The summed E-state index contributed by atoms with van der Waals surface area (Å²) in [6.45, 7) is 15.8. The molecule has 2 saturated heterocycles. The van der Waals surface area contributed by atoms with Crippen LogP contribution in [0.2, 0.25) is 0 Å². The van der Waals surface area contributed by atoms with Crippen molar-refractivity contribution in [3.63, 3.8) is 0 Å². The van der Waals surface area contributed by atoms with Gasteiger partial charge in [-0.25, -0.2) is 4.57 Å². The maximum Gasteiger partial charge on any atom is 0.475 e. The van der Waals surface area contributed by atoms with Crippen LogP contribution in [-0.4, -0.2) is 138 Å². The number of phosphoric acid groups is 1. The third kappa shape index (κ3) is 40.8. The van der Waals surface area contributed by atoms with Crippen LogP contribution in [0.3, 0.4) is 0 Å². The van der Waals surface area contributed by atoms with E-state index in [9.17, 15) is 24.1 Å². The zero-order valence-electron chi connectivity index (χ0n) is 58.4. The fourth-order valence-corrected chi connectivity index (χ4v) is 12.3. The molecule has 2 aliphatic rings. The lowest BCUT2D eigenvalue weighted by molar-refractivity contribution is -0.297. The van der Waals surface area contributed by atoms with Gasteiger partial charge >= 0.3 is 7.82 Å². The van der Waals surface area contributed by atoms with Crippen molar-refractivity contribution in [2.24, 2.45) is 5.92 Å². The summed E-state index contributed by atoms with van der Waals surface area (Å²) in [5.41, 5.74) is 0. The Morgan fingerprint density at radius 1 is 0.579 bits per heavy atom. The largest absolute Gasteiger partial charge is 0.475 e. The van der Waals surface area contributed by atoms with E-state index in [4.69, 9.17) is 53.2 Å². The molecule has 95 heavy (non-hydrogen) atoms. The van der Waals surface area contributed by atoms with Crippen molar-refractivity contribution >= 4 is 25.4 Å². The molecule has 0 saturated carbocycles. The lowest BCUT2D eigenvalue weighted by Gasteiger charge is -2.47. The van der Waals surface area contributed by atoms with E-state index in [0.29, 0.717) is 19.4 Å². The van der Waals surface area contributed by atoms with E-state index in [0.717, 1.165) is 109 Å². The van der Waals surface area contributed by atoms with Crippen LogP contribution in [0.5, 0.6) is 0 Å². The highest BCUT2D eigenvalue weighted by molar-refractivity contribution is 7.48. The number of carbonyl (C=O) groups excluding carboxylic acids is 3. The van der Waals surface area contributed by atoms with Crippen molar-refractivity contribution in [1.29, 1.82) is 0 Å². The standard InChI is InChI=1S/C77H115N2O15P/c1-10-16-20-24-27-30-32-34-35-37-39-41-43-47-51-55-69(81)78-72-75(88-60-56-66(86-9)54-50-45-23-19-13-4)74(94-95(84,90-57-14-5)91-58-15-6)68(62-85-8)93-77(72)89-63-67-64(7)73(87-59-52-48-44-29-26-22-18-12-3)71(76(83)92-67)79-70(82)61-65(80)53-49-46-42-40-38-36-33-31-28-25-21-17-11-2/h2,14-15,30,32,64,66-68,71-77,83H,5-6,10,12-13,16,18-20,22-24,26-27,29,34-35,37,39,41,43-45,47-48,50-63H2,1,3-4,7-9H3,(H,78,81)(H,79,82)/b32-30-/t64-,66-,67-,68-,71-,72-,73+,74-,75-,76?,77-/m1/s1. The predicted molar refractivity (Wildman–Crippen MR) is 375 cm³/mol. The number of carbonyl (C=O) groups is 3. The monoisotopic (exact) mass is 1340 g/mol. The number of ether oxygens (including phenoxy) is 7. The molecule has 3 N–H and O–H groups in total. The molecule has 0 spiro atoms. The number of aliphatic hydroxyl groups is 1. The average Bonchev–Trinajstić information content (AvgIpc) is 0.786. The lowest BCUT2D eigenvalue weighted by atomic mass is 9.88. The van der Waals surface area contributed by atoms with E-state index in [-0.39, 0.29) is 57.9 Å². The first kappa shape index (κ1) is 85.6. The molecule has 528 valence electrons. The van der Waals surface area contributed by atoms with Crippen LogP contribution in [0.1, 0.15) is 227 Å². The second-order valence-electron chi connectivity index (χ2n) is 24.0. The van der Waals surface area contributed by atoms with Crippen LogP contribution in [0, 0.1) is 89.3 Å².